The lowest BCUT2D eigenvalue weighted by Gasteiger charge is -2.32. The van der Waals surface area contributed by atoms with E-state index in [-0.39, 0.29) is 11.8 Å². The van der Waals surface area contributed by atoms with Crippen molar-refractivity contribution in [3.05, 3.63) is 30.2 Å². The fourth-order valence-corrected chi connectivity index (χ4v) is 3.45. The van der Waals surface area contributed by atoms with Crippen molar-refractivity contribution >= 4 is 21.4 Å². The fraction of sp³-hybridized carbons (Fsp3) is 0.533. The van der Waals surface area contributed by atoms with Crippen LogP contribution in [0.3, 0.4) is 0 Å². The Hall–Kier alpha value is -1.96. The lowest BCUT2D eigenvalue weighted by molar-refractivity contribution is -0.131. The molecule has 0 aromatic carbocycles. The van der Waals surface area contributed by atoms with Crippen LogP contribution in [0.5, 0.6) is 0 Å². The number of nitrogens with zero attached hydrogens (tertiary/aromatic N) is 4. The van der Waals surface area contributed by atoms with E-state index in [2.05, 4.69) is 10.2 Å². The first-order valence-electron chi connectivity index (χ1n) is 7.65. The highest BCUT2D eigenvalue weighted by atomic mass is 32.2. The number of carbonyl (C=O) groups is 1. The molecule has 0 radical (unpaired) electrons. The van der Waals surface area contributed by atoms with Gasteiger partial charge in [-0.2, -0.15) is 0 Å². The first-order chi connectivity index (χ1) is 10.9. The molecule has 23 heavy (non-hydrogen) atoms. The quantitative estimate of drug-likeness (QED) is 0.830. The SMILES string of the molecule is C[C@@H](C(=O)N1CCC(c2nnc3ccccn23)CC1)S(C)(=O)=O. The summed E-state index contributed by atoms with van der Waals surface area (Å²) >= 11 is 0. The van der Waals surface area contributed by atoms with E-state index in [4.69, 9.17) is 0 Å². The maximum atomic E-state index is 12.3. The van der Waals surface area contributed by atoms with Crippen LogP contribution in [-0.4, -0.2) is 58.4 Å². The molecule has 1 aliphatic rings. The molecule has 0 spiro atoms. The Balaban J connectivity index is 1.70. The Labute approximate surface area is 135 Å². The van der Waals surface area contributed by atoms with Gasteiger partial charge in [0, 0.05) is 31.5 Å². The summed E-state index contributed by atoms with van der Waals surface area (Å²) in [5, 5.41) is 7.46. The van der Waals surface area contributed by atoms with E-state index in [9.17, 15) is 13.2 Å². The van der Waals surface area contributed by atoms with Gasteiger partial charge in [-0.25, -0.2) is 8.42 Å². The number of piperidine rings is 1. The molecule has 1 fully saturated rings. The molecule has 1 aliphatic heterocycles. The van der Waals surface area contributed by atoms with E-state index in [1.165, 1.54) is 6.92 Å². The van der Waals surface area contributed by atoms with Crippen LogP contribution in [0, 0.1) is 0 Å². The molecule has 1 amide bonds. The Bertz CT molecular complexity index is 822. The van der Waals surface area contributed by atoms with Crippen molar-refractivity contribution < 1.29 is 13.2 Å². The Morgan fingerprint density at radius 1 is 1.26 bits per heavy atom. The highest BCUT2D eigenvalue weighted by Gasteiger charge is 2.32. The van der Waals surface area contributed by atoms with Crippen LogP contribution in [-0.2, 0) is 14.6 Å². The summed E-state index contributed by atoms with van der Waals surface area (Å²) in [7, 11) is -3.35. The maximum Gasteiger partial charge on any atom is 0.240 e. The molecule has 7 nitrogen and oxygen atoms in total. The van der Waals surface area contributed by atoms with Crippen LogP contribution in [0.15, 0.2) is 24.4 Å². The summed E-state index contributed by atoms with van der Waals surface area (Å²) in [5.41, 5.74) is 0.812. The predicted molar refractivity (Wildman–Crippen MR) is 85.8 cm³/mol. The van der Waals surface area contributed by atoms with E-state index < -0.39 is 15.1 Å². The van der Waals surface area contributed by atoms with Crippen LogP contribution < -0.4 is 0 Å². The number of sulfone groups is 1. The third kappa shape index (κ3) is 3.08. The standard InChI is InChI=1S/C15H20N4O3S/c1-11(23(2,21)22)15(20)18-9-6-12(7-10-18)14-17-16-13-5-3-4-8-19(13)14/h3-5,8,11-12H,6-7,9-10H2,1-2H3/t11-/m0/s1. The number of rotatable bonds is 3. The van der Waals surface area contributed by atoms with Gasteiger partial charge in [0.25, 0.3) is 0 Å². The van der Waals surface area contributed by atoms with Crippen LogP contribution in [0.1, 0.15) is 31.5 Å². The Morgan fingerprint density at radius 2 is 1.96 bits per heavy atom. The zero-order valence-electron chi connectivity index (χ0n) is 13.2. The number of likely N-dealkylation sites (tertiary alicyclic amines) is 1. The van der Waals surface area contributed by atoms with Gasteiger partial charge in [0.15, 0.2) is 15.5 Å². The minimum Gasteiger partial charge on any atom is -0.342 e. The lowest BCUT2D eigenvalue weighted by Crippen LogP contribution is -2.45. The van der Waals surface area contributed by atoms with E-state index in [1.54, 1.807) is 4.90 Å². The van der Waals surface area contributed by atoms with Crippen LogP contribution in [0.2, 0.25) is 0 Å². The number of aromatic nitrogens is 3. The third-order valence-corrected chi connectivity index (χ3v) is 5.99. The molecule has 0 unspecified atom stereocenters. The summed E-state index contributed by atoms with van der Waals surface area (Å²) in [6.07, 6.45) is 4.56. The molecule has 8 heteroatoms. The fourth-order valence-electron chi connectivity index (χ4n) is 2.94. The molecule has 124 valence electrons. The van der Waals surface area contributed by atoms with Crippen molar-refractivity contribution in [2.75, 3.05) is 19.3 Å². The van der Waals surface area contributed by atoms with Crippen molar-refractivity contribution in [1.82, 2.24) is 19.5 Å². The number of pyridine rings is 1. The largest absolute Gasteiger partial charge is 0.342 e. The van der Waals surface area contributed by atoms with E-state index >= 15 is 0 Å². The summed E-state index contributed by atoms with van der Waals surface area (Å²) < 4.78 is 25.1. The van der Waals surface area contributed by atoms with Gasteiger partial charge in [-0.05, 0) is 31.9 Å². The molecule has 1 saturated heterocycles. The van der Waals surface area contributed by atoms with Crippen LogP contribution in [0.4, 0.5) is 0 Å². The second-order valence-electron chi connectivity index (χ2n) is 6.06. The molecule has 0 N–H and O–H groups in total. The van der Waals surface area contributed by atoms with Crippen molar-refractivity contribution in [3.8, 4) is 0 Å². The zero-order valence-corrected chi connectivity index (χ0v) is 14.0. The van der Waals surface area contributed by atoms with E-state index in [0.29, 0.717) is 13.1 Å². The average Bonchev–Trinajstić information content (AvgIpc) is 2.97. The van der Waals surface area contributed by atoms with Crippen molar-refractivity contribution in [3.63, 3.8) is 0 Å². The van der Waals surface area contributed by atoms with Gasteiger partial charge < -0.3 is 4.90 Å². The Morgan fingerprint density at radius 3 is 2.61 bits per heavy atom. The maximum absolute atomic E-state index is 12.3. The van der Waals surface area contributed by atoms with Gasteiger partial charge in [0.05, 0.1) is 0 Å². The molecular weight excluding hydrogens is 316 g/mol. The molecule has 0 saturated carbocycles. The predicted octanol–water partition coefficient (Wildman–Crippen LogP) is 0.868. The van der Waals surface area contributed by atoms with Crippen LogP contribution in [0.25, 0.3) is 5.65 Å². The number of hydrogen-bond donors (Lipinski definition) is 0. The van der Waals surface area contributed by atoms with Crippen molar-refractivity contribution in [2.45, 2.75) is 30.9 Å². The van der Waals surface area contributed by atoms with E-state index in [0.717, 1.165) is 30.6 Å². The first-order valence-corrected chi connectivity index (χ1v) is 9.60. The molecule has 0 bridgehead atoms. The van der Waals surface area contributed by atoms with Gasteiger partial charge >= 0.3 is 0 Å². The van der Waals surface area contributed by atoms with Crippen molar-refractivity contribution in [1.29, 1.82) is 0 Å². The van der Waals surface area contributed by atoms with Crippen LogP contribution >= 0.6 is 0 Å². The Kier molecular flexibility index (Phi) is 4.09. The second-order valence-corrected chi connectivity index (χ2v) is 8.42. The minimum absolute atomic E-state index is 0.227. The highest BCUT2D eigenvalue weighted by molar-refractivity contribution is 7.92. The first kappa shape index (κ1) is 15.9. The second kappa shape index (κ2) is 5.92. The van der Waals surface area contributed by atoms with Gasteiger partial charge in [-0.3, -0.25) is 9.20 Å². The molecular formula is C15H20N4O3S. The summed E-state index contributed by atoms with van der Waals surface area (Å²) in [4.78, 5) is 13.9. The van der Waals surface area contributed by atoms with Crippen molar-refractivity contribution in [2.24, 2.45) is 0 Å². The lowest BCUT2D eigenvalue weighted by atomic mass is 9.96. The number of hydrogen-bond acceptors (Lipinski definition) is 5. The monoisotopic (exact) mass is 336 g/mol. The smallest absolute Gasteiger partial charge is 0.240 e. The normalized spacial score (nSPS) is 18.3. The zero-order chi connectivity index (χ0) is 16.6. The van der Waals surface area contributed by atoms with Gasteiger partial charge in [-0.15, -0.1) is 10.2 Å². The van der Waals surface area contributed by atoms with Gasteiger partial charge in [-0.1, -0.05) is 6.07 Å². The topological polar surface area (TPSA) is 84.6 Å². The molecule has 2 aromatic rings. The third-order valence-electron chi connectivity index (χ3n) is 4.50. The highest BCUT2D eigenvalue weighted by Crippen LogP contribution is 2.27. The summed E-state index contributed by atoms with van der Waals surface area (Å²) in [6.45, 7) is 2.55. The number of fused-ring (bicyclic) bond motifs is 1. The van der Waals surface area contributed by atoms with Gasteiger partial charge in [0.1, 0.15) is 11.1 Å². The van der Waals surface area contributed by atoms with Gasteiger partial charge in [0.2, 0.25) is 5.91 Å². The molecule has 2 aromatic heterocycles. The summed E-state index contributed by atoms with van der Waals surface area (Å²) in [5.74, 6) is 0.825. The number of amides is 1. The van der Waals surface area contributed by atoms with E-state index in [1.807, 2.05) is 28.8 Å². The molecule has 3 rings (SSSR count). The number of carbonyl (C=O) groups excluding carboxylic acids is 1. The minimum atomic E-state index is -3.35. The summed E-state index contributed by atoms with van der Waals surface area (Å²) in [6, 6.07) is 5.76. The average molecular weight is 336 g/mol. The molecule has 1 atom stereocenters. The molecule has 3 heterocycles. The molecule has 0 aliphatic carbocycles.